The van der Waals surface area contributed by atoms with Crippen molar-refractivity contribution in [2.45, 2.75) is 82.6 Å². The van der Waals surface area contributed by atoms with Crippen LogP contribution >= 0.6 is 7.82 Å². The van der Waals surface area contributed by atoms with E-state index in [1.165, 1.54) is 62.6 Å². The van der Waals surface area contributed by atoms with Crippen molar-refractivity contribution in [3.05, 3.63) is 59.7 Å². The molecule has 0 aliphatic carbocycles. The Morgan fingerprint density at radius 3 is 2.22 bits per heavy atom. The maximum absolute atomic E-state index is 13.1. The summed E-state index contributed by atoms with van der Waals surface area (Å²) in [5.74, 6) is 0.540. The zero-order valence-corrected chi connectivity index (χ0v) is 25.9. The van der Waals surface area contributed by atoms with Gasteiger partial charge < -0.3 is 19.4 Å². The van der Waals surface area contributed by atoms with Gasteiger partial charge in [0.25, 0.3) is 0 Å². The average Bonchev–Trinajstić information content (AvgIpc) is 2.94. The highest BCUT2D eigenvalue weighted by molar-refractivity contribution is 7.89. The molecule has 0 radical (unpaired) electrons. The summed E-state index contributed by atoms with van der Waals surface area (Å²) in [5.41, 5.74) is 1.61. The van der Waals surface area contributed by atoms with Gasteiger partial charge in [0.15, 0.2) is 0 Å². The van der Waals surface area contributed by atoms with Gasteiger partial charge in [-0.25, -0.2) is 17.7 Å². The third-order valence-corrected chi connectivity index (χ3v) is 8.59. The number of carbonyl (C=O) groups is 1. The van der Waals surface area contributed by atoms with Crippen LogP contribution in [0.3, 0.4) is 0 Å². The van der Waals surface area contributed by atoms with E-state index >= 15 is 0 Å². The van der Waals surface area contributed by atoms with Gasteiger partial charge in [-0.1, -0.05) is 76.1 Å². The number of phosphoric ester groups is 1. The molecule has 2 aromatic carbocycles. The van der Waals surface area contributed by atoms with Crippen LogP contribution in [0, 0.1) is 0 Å². The van der Waals surface area contributed by atoms with Crippen molar-refractivity contribution in [1.82, 2.24) is 9.62 Å². The number of ether oxygens (including phenoxy) is 1. The SMILES string of the molecule is CCCCCCCCCCOc1cccc(CCC(=O)N(CCOP(=O)(O)O)Cc2ccc(S(=O)(=O)NC)cc2)c1. The van der Waals surface area contributed by atoms with Crippen LogP contribution in [0.4, 0.5) is 0 Å². The molecule has 10 nitrogen and oxygen atoms in total. The number of aryl methyl sites for hydroxylation is 1. The van der Waals surface area contributed by atoms with Gasteiger partial charge in [-0.15, -0.1) is 0 Å². The van der Waals surface area contributed by atoms with Crippen molar-refractivity contribution in [2.75, 3.05) is 26.8 Å². The zero-order chi connectivity index (χ0) is 30.1. The van der Waals surface area contributed by atoms with E-state index in [4.69, 9.17) is 14.5 Å². The molecule has 0 bridgehead atoms. The highest BCUT2D eigenvalue weighted by atomic mass is 32.2. The maximum atomic E-state index is 13.1. The van der Waals surface area contributed by atoms with E-state index in [1.54, 1.807) is 12.1 Å². The van der Waals surface area contributed by atoms with Crippen LogP contribution in [-0.4, -0.2) is 55.8 Å². The number of benzene rings is 2. The number of nitrogens with one attached hydrogen (secondary N) is 1. The fourth-order valence-electron chi connectivity index (χ4n) is 4.30. The maximum Gasteiger partial charge on any atom is 0.469 e. The molecule has 0 atom stereocenters. The molecule has 1 amide bonds. The normalized spacial score (nSPS) is 11.9. The number of nitrogens with zero attached hydrogens (tertiary/aromatic N) is 1. The molecule has 0 aliphatic heterocycles. The van der Waals surface area contributed by atoms with Crippen LogP contribution in [0.1, 0.15) is 75.8 Å². The van der Waals surface area contributed by atoms with Gasteiger partial charge >= 0.3 is 7.82 Å². The first kappa shape index (κ1) is 34.9. The summed E-state index contributed by atoms with van der Waals surface area (Å²) in [4.78, 5) is 32.7. The number of hydrogen-bond acceptors (Lipinski definition) is 6. The highest BCUT2D eigenvalue weighted by Crippen LogP contribution is 2.35. The fourth-order valence-corrected chi connectivity index (χ4v) is 5.35. The van der Waals surface area contributed by atoms with Crippen molar-refractivity contribution in [3.8, 4) is 5.75 Å². The Kier molecular flexibility index (Phi) is 15.6. The lowest BCUT2D eigenvalue weighted by Gasteiger charge is -2.23. The first-order chi connectivity index (χ1) is 19.5. The van der Waals surface area contributed by atoms with E-state index in [-0.39, 0.29) is 36.9 Å². The zero-order valence-electron chi connectivity index (χ0n) is 24.2. The predicted octanol–water partition coefficient (Wildman–Crippen LogP) is 5.18. The third kappa shape index (κ3) is 14.5. The summed E-state index contributed by atoms with van der Waals surface area (Å²) >= 11 is 0. The van der Waals surface area contributed by atoms with Crippen molar-refractivity contribution in [2.24, 2.45) is 0 Å². The first-order valence-corrected chi connectivity index (χ1v) is 17.3. The van der Waals surface area contributed by atoms with Crippen LogP contribution < -0.4 is 9.46 Å². The lowest BCUT2D eigenvalue weighted by atomic mass is 10.1. The molecular weight excluding hydrogens is 567 g/mol. The molecule has 12 heteroatoms. The number of unbranched alkanes of at least 4 members (excludes halogenated alkanes) is 7. The van der Waals surface area contributed by atoms with Crippen LogP contribution in [-0.2, 0) is 36.9 Å². The summed E-state index contributed by atoms with van der Waals surface area (Å²) in [7, 11) is -6.95. The Balaban J connectivity index is 1.90. The van der Waals surface area contributed by atoms with Gasteiger partial charge in [-0.3, -0.25) is 9.32 Å². The van der Waals surface area contributed by atoms with E-state index in [2.05, 4.69) is 16.2 Å². The molecule has 0 saturated heterocycles. The van der Waals surface area contributed by atoms with Crippen molar-refractivity contribution in [1.29, 1.82) is 0 Å². The minimum Gasteiger partial charge on any atom is -0.494 e. The minimum atomic E-state index is -4.68. The van der Waals surface area contributed by atoms with Gasteiger partial charge in [-0.05, 0) is 55.3 Å². The Bertz CT molecular complexity index is 1200. The number of rotatable bonds is 21. The van der Waals surface area contributed by atoms with Crippen molar-refractivity contribution in [3.63, 3.8) is 0 Å². The minimum absolute atomic E-state index is 0.0394. The van der Waals surface area contributed by atoms with E-state index in [1.807, 2.05) is 24.3 Å². The molecule has 2 rings (SSSR count). The Morgan fingerprint density at radius 2 is 1.59 bits per heavy atom. The van der Waals surface area contributed by atoms with Crippen molar-refractivity contribution >= 4 is 23.8 Å². The van der Waals surface area contributed by atoms with Gasteiger partial charge in [0, 0.05) is 19.5 Å². The van der Waals surface area contributed by atoms with E-state index in [9.17, 15) is 17.8 Å². The smallest absolute Gasteiger partial charge is 0.469 e. The molecule has 3 N–H and O–H groups in total. The first-order valence-electron chi connectivity index (χ1n) is 14.3. The second kappa shape index (κ2) is 18.3. The highest BCUT2D eigenvalue weighted by Gasteiger charge is 2.19. The molecule has 2 aromatic rings. The largest absolute Gasteiger partial charge is 0.494 e. The molecule has 0 heterocycles. The number of hydrogen-bond donors (Lipinski definition) is 3. The summed E-state index contributed by atoms with van der Waals surface area (Å²) in [6.45, 7) is 2.62. The van der Waals surface area contributed by atoms with Gasteiger partial charge in [-0.2, -0.15) is 0 Å². The number of amides is 1. The fraction of sp³-hybridized carbons (Fsp3) is 0.552. The van der Waals surface area contributed by atoms with Crippen LogP contribution in [0.5, 0.6) is 5.75 Å². The molecule has 0 aromatic heterocycles. The molecule has 230 valence electrons. The van der Waals surface area contributed by atoms with Gasteiger partial charge in [0.2, 0.25) is 15.9 Å². The van der Waals surface area contributed by atoms with E-state index < -0.39 is 17.8 Å². The van der Waals surface area contributed by atoms with Crippen LogP contribution in [0.25, 0.3) is 0 Å². The van der Waals surface area contributed by atoms with E-state index in [0.717, 1.165) is 24.2 Å². The summed E-state index contributed by atoms with van der Waals surface area (Å²) < 4.78 is 47.8. The lowest BCUT2D eigenvalue weighted by Crippen LogP contribution is -2.33. The molecule has 41 heavy (non-hydrogen) atoms. The molecular formula is C29H45N2O8PS. The van der Waals surface area contributed by atoms with Crippen molar-refractivity contribution < 1.29 is 36.8 Å². The van der Waals surface area contributed by atoms with Gasteiger partial charge in [0.1, 0.15) is 5.75 Å². The Hall–Kier alpha value is -2.27. The molecule has 0 fully saturated rings. The molecule has 0 unspecified atom stereocenters. The second-order valence-electron chi connectivity index (χ2n) is 9.96. The standard InChI is InChI=1S/C29H45N2O8PS/c1-3-4-5-6-7-8-9-10-21-38-27-13-11-12-25(23-27)16-19-29(32)31(20-22-39-40(33,34)35)24-26-14-17-28(18-15-26)41(36,37)30-2/h11-15,17-18,23,30H,3-10,16,19-22,24H2,1-2H3,(H2,33,34,35). The summed E-state index contributed by atoms with van der Waals surface area (Å²) in [6.07, 6.45) is 10.5. The topological polar surface area (TPSA) is 142 Å². The molecule has 0 saturated carbocycles. The number of phosphoric acid groups is 1. The van der Waals surface area contributed by atoms with Crippen LogP contribution in [0.2, 0.25) is 0 Å². The van der Waals surface area contributed by atoms with Crippen LogP contribution in [0.15, 0.2) is 53.4 Å². The summed E-state index contributed by atoms with van der Waals surface area (Å²) in [5, 5.41) is 0. The predicted molar refractivity (Wildman–Crippen MR) is 159 cm³/mol. The number of carbonyl (C=O) groups excluding carboxylic acids is 1. The van der Waals surface area contributed by atoms with Gasteiger partial charge in [0.05, 0.1) is 18.1 Å². The summed E-state index contributed by atoms with van der Waals surface area (Å²) in [6, 6.07) is 13.7. The lowest BCUT2D eigenvalue weighted by molar-refractivity contribution is -0.132. The average molecular weight is 613 g/mol. The second-order valence-corrected chi connectivity index (χ2v) is 13.1. The Morgan fingerprint density at radius 1 is 0.927 bits per heavy atom. The monoisotopic (exact) mass is 612 g/mol. The quantitative estimate of drug-likeness (QED) is 0.129. The molecule has 0 aliphatic rings. The van der Waals surface area contributed by atoms with E-state index in [0.29, 0.717) is 18.6 Å². The molecule has 0 spiro atoms. The number of sulfonamides is 1. The Labute approximate surface area is 244 Å². The third-order valence-electron chi connectivity index (χ3n) is 6.64.